The molecule has 0 fully saturated rings. The maximum atomic E-state index is 11.4. The lowest BCUT2D eigenvalue weighted by Gasteiger charge is -2.19. The average Bonchev–Trinajstić information content (AvgIpc) is 2.33. The van der Waals surface area contributed by atoms with Gasteiger partial charge in [-0.2, -0.15) is 0 Å². The van der Waals surface area contributed by atoms with Crippen LogP contribution in [0.4, 0.5) is 4.79 Å². The zero-order valence-corrected chi connectivity index (χ0v) is 11.3. The number of hydrogen-bond donors (Lipinski definition) is 1. The smallest absolute Gasteiger partial charge is 0.408 e. The van der Waals surface area contributed by atoms with Crippen LogP contribution in [-0.4, -0.2) is 29.2 Å². The number of amides is 1. The average molecular weight is 266 g/mol. The maximum absolute atomic E-state index is 11.4. The van der Waals surface area contributed by atoms with E-state index in [0.717, 1.165) is 5.56 Å². The second-order valence-electron chi connectivity index (χ2n) is 4.88. The molecule has 0 aliphatic carbocycles. The number of aromatic nitrogens is 1. The summed E-state index contributed by atoms with van der Waals surface area (Å²) < 4.78 is 9.94. The molecule has 1 N–H and O–H groups in total. The molecule has 6 heteroatoms. The number of pyridine rings is 1. The van der Waals surface area contributed by atoms with E-state index in [9.17, 15) is 9.59 Å². The van der Waals surface area contributed by atoms with E-state index in [4.69, 9.17) is 9.47 Å². The summed E-state index contributed by atoms with van der Waals surface area (Å²) in [7, 11) is 0. The molecule has 1 rings (SSSR count). The van der Waals surface area contributed by atoms with Crippen molar-refractivity contribution in [1.82, 2.24) is 10.3 Å². The van der Waals surface area contributed by atoms with Crippen LogP contribution in [0.1, 0.15) is 26.3 Å². The van der Waals surface area contributed by atoms with Crippen LogP contribution in [0.2, 0.25) is 0 Å². The first-order valence-electron chi connectivity index (χ1n) is 5.88. The minimum absolute atomic E-state index is 0.128. The monoisotopic (exact) mass is 266 g/mol. The Morgan fingerprint density at radius 3 is 2.68 bits per heavy atom. The number of alkyl carbamates (subject to hydrolysis) is 1. The first-order chi connectivity index (χ1) is 8.87. The SMILES string of the molecule is CC(C)(C)OC(=O)NCC(=O)OCc1cccnc1. The summed E-state index contributed by atoms with van der Waals surface area (Å²) in [6, 6.07) is 3.55. The lowest BCUT2D eigenvalue weighted by Crippen LogP contribution is -2.36. The molecule has 19 heavy (non-hydrogen) atoms. The number of carbonyl (C=O) groups is 2. The van der Waals surface area contributed by atoms with Crippen molar-refractivity contribution in [3.05, 3.63) is 30.1 Å². The van der Waals surface area contributed by atoms with Crippen molar-refractivity contribution in [2.75, 3.05) is 6.54 Å². The number of ether oxygens (including phenoxy) is 2. The number of esters is 1. The van der Waals surface area contributed by atoms with Crippen molar-refractivity contribution in [2.45, 2.75) is 33.0 Å². The highest BCUT2D eigenvalue weighted by Crippen LogP contribution is 2.06. The van der Waals surface area contributed by atoms with E-state index in [2.05, 4.69) is 10.3 Å². The Morgan fingerprint density at radius 2 is 2.11 bits per heavy atom. The summed E-state index contributed by atoms with van der Waals surface area (Å²) in [4.78, 5) is 26.6. The Balaban J connectivity index is 2.23. The molecule has 1 aromatic rings. The molecule has 1 amide bonds. The molecular weight excluding hydrogens is 248 g/mol. The van der Waals surface area contributed by atoms with Crippen molar-refractivity contribution >= 4 is 12.1 Å². The zero-order chi connectivity index (χ0) is 14.3. The van der Waals surface area contributed by atoms with Gasteiger partial charge in [0.25, 0.3) is 0 Å². The van der Waals surface area contributed by atoms with E-state index < -0.39 is 17.7 Å². The van der Waals surface area contributed by atoms with Gasteiger partial charge in [0.05, 0.1) is 0 Å². The molecule has 6 nitrogen and oxygen atoms in total. The van der Waals surface area contributed by atoms with Gasteiger partial charge in [-0.25, -0.2) is 4.79 Å². The zero-order valence-electron chi connectivity index (χ0n) is 11.3. The molecule has 1 heterocycles. The standard InChI is InChI=1S/C13H18N2O4/c1-13(2,3)19-12(17)15-8-11(16)18-9-10-5-4-6-14-7-10/h4-7H,8-9H2,1-3H3,(H,15,17). The molecule has 1 aromatic heterocycles. The number of hydrogen-bond acceptors (Lipinski definition) is 5. The van der Waals surface area contributed by atoms with E-state index in [1.54, 1.807) is 45.3 Å². The largest absolute Gasteiger partial charge is 0.459 e. The van der Waals surface area contributed by atoms with Crippen LogP contribution in [0.25, 0.3) is 0 Å². The third kappa shape index (κ3) is 7.03. The lowest BCUT2D eigenvalue weighted by atomic mass is 10.2. The fourth-order valence-corrected chi connectivity index (χ4v) is 1.16. The predicted octanol–water partition coefficient (Wildman–Crippen LogP) is 1.65. The summed E-state index contributed by atoms with van der Waals surface area (Å²) in [6.07, 6.45) is 2.59. The Bertz CT molecular complexity index is 426. The fraction of sp³-hybridized carbons (Fsp3) is 0.462. The molecule has 0 aliphatic rings. The summed E-state index contributed by atoms with van der Waals surface area (Å²) in [5.74, 6) is -0.533. The van der Waals surface area contributed by atoms with Gasteiger partial charge in [0.1, 0.15) is 18.8 Å². The molecule has 0 aromatic carbocycles. The third-order valence-electron chi connectivity index (χ3n) is 1.90. The normalized spacial score (nSPS) is 10.7. The van der Waals surface area contributed by atoms with Crippen LogP contribution in [0.3, 0.4) is 0 Å². The molecule has 0 spiro atoms. The molecular formula is C13H18N2O4. The molecule has 0 aliphatic heterocycles. The van der Waals surface area contributed by atoms with Crippen LogP contribution in [0.5, 0.6) is 0 Å². The summed E-state index contributed by atoms with van der Waals surface area (Å²) in [5.41, 5.74) is 0.192. The van der Waals surface area contributed by atoms with Crippen LogP contribution in [0, 0.1) is 0 Å². The maximum Gasteiger partial charge on any atom is 0.408 e. The van der Waals surface area contributed by atoms with Gasteiger partial charge in [-0.1, -0.05) is 6.07 Å². The second-order valence-corrected chi connectivity index (χ2v) is 4.88. The predicted molar refractivity (Wildman–Crippen MR) is 68.3 cm³/mol. The van der Waals surface area contributed by atoms with Crippen molar-refractivity contribution in [1.29, 1.82) is 0 Å². The van der Waals surface area contributed by atoms with Crippen molar-refractivity contribution in [3.63, 3.8) is 0 Å². The van der Waals surface area contributed by atoms with Crippen LogP contribution in [-0.2, 0) is 20.9 Å². The highest BCUT2D eigenvalue weighted by molar-refractivity contribution is 5.77. The van der Waals surface area contributed by atoms with E-state index in [1.807, 2.05) is 0 Å². The third-order valence-corrected chi connectivity index (χ3v) is 1.90. The second kappa shape index (κ2) is 6.72. The Kier molecular flexibility index (Phi) is 5.29. The van der Waals surface area contributed by atoms with Crippen molar-refractivity contribution in [3.8, 4) is 0 Å². The number of nitrogens with one attached hydrogen (secondary N) is 1. The molecule has 0 saturated heterocycles. The molecule has 0 saturated carbocycles. The van der Waals surface area contributed by atoms with E-state index in [-0.39, 0.29) is 13.2 Å². The summed E-state index contributed by atoms with van der Waals surface area (Å²) >= 11 is 0. The number of nitrogens with zero attached hydrogens (tertiary/aromatic N) is 1. The van der Waals surface area contributed by atoms with Crippen LogP contribution in [0.15, 0.2) is 24.5 Å². The topological polar surface area (TPSA) is 77.5 Å². The van der Waals surface area contributed by atoms with E-state index in [0.29, 0.717) is 0 Å². The minimum atomic E-state index is -0.647. The minimum Gasteiger partial charge on any atom is -0.459 e. The van der Waals surface area contributed by atoms with E-state index >= 15 is 0 Å². The van der Waals surface area contributed by atoms with E-state index in [1.165, 1.54) is 0 Å². The van der Waals surface area contributed by atoms with Crippen LogP contribution >= 0.6 is 0 Å². The Hall–Kier alpha value is -2.11. The first kappa shape index (κ1) is 14.9. The van der Waals surface area contributed by atoms with Crippen molar-refractivity contribution < 1.29 is 19.1 Å². The highest BCUT2D eigenvalue weighted by Gasteiger charge is 2.16. The first-order valence-corrected chi connectivity index (χ1v) is 5.88. The van der Waals surface area contributed by atoms with Gasteiger partial charge in [-0.05, 0) is 26.8 Å². The molecule has 104 valence electrons. The molecule has 0 unspecified atom stereocenters. The van der Waals surface area contributed by atoms with Gasteiger partial charge >= 0.3 is 12.1 Å². The quantitative estimate of drug-likeness (QED) is 0.838. The van der Waals surface area contributed by atoms with Gasteiger partial charge in [-0.3, -0.25) is 9.78 Å². The van der Waals surface area contributed by atoms with Gasteiger partial charge < -0.3 is 14.8 Å². The summed E-state index contributed by atoms with van der Waals surface area (Å²) in [6.45, 7) is 5.13. The van der Waals surface area contributed by atoms with Gasteiger partial charge in [0, 0.05) is 18.0 Å². The van der Waals surface area contributed by atoms with Crippen molar-refractivity contribution in [2.24, 2.45) is 0 Å². The fourth-order valence-electron chi connectivity index (χ4n) is 1.16. The highest BCUT2D eigenvalue weighted by atomic mass is 16.6. The molecule has 0 atom stereocenters. The van der Waals surface area contributed by atoms with Gasteiger partial charge in [0.2, 0.25) is 0 Å². The lowest BCUT2D eigenvalue weighted by molar-refractivity contribution is -0.143. The number of carbonyl (C=O) groups excluding carboxylic acids is 2. The Labute approximate surface area is 112 Å². The summed E-state index contributed by atoms with van der Waals surface area (Å²) in [5, 5.41) is 2.32. The van der Waals surface area contributed by atoms with Gasteiger partial charge in [0.15, 0.2) is 0 Å². The molecule has 0 bridgehead atoms. The van der Waals surface area contributed by atoms with Crippen LogP contribution < -0.4 is 5.32 Å². The number of rotatable bonds is 4. The van der Waals surface area contributed by atoms with Gasteiger partial charge in [-0.15, -0.1) is 0 Å². The molecule has 0 radical (unpaired) electrons. The Morgan fingerprint density at radius 1 is 1.37 bits per heavy atom.